The third kappa shape index (κ3) is 2.72. The Morgan fingerprint density at radius 1 is 1.40 bits per heavy atom. The van der Waals surface area contributed by atoms with Gasteiger partial charge in [-0.15, -0.1) is 0 Å². The Bertz CT molecular complexity index is 545. The summed E-state index contributed by atoms with van der Waals surface area (Å²) in [7, 11) is 1.54. The smallest absolute Gasteiger partial charge is 0.252 e. The highest BCUT2D eigenvalue weighted by atomic mass is 35.5. The van der Waals surface area contributed by atoms with Gasteiger partial charge < -0.3 is 10.1 Å². The molecule has 1 saturated heterocycles. The number of methoxy groups -OCH3 is 1. The lowest BCUT2D eigenvalue weighted by molar-refractivity contribution is -0.140. The van der Waals surface area contributed by atoms with E-state index in [0.29, 0.717) is 16.5 Å². The Kier molecular flexibility index (Phi) is 4.18. The number of carbonyl (C=O) groups excluding carboxylic acids is 2. The number of nitrogens with one attached hydrogen (secondary N) is 1. The van der Waals surface area contributed by atoms with E-state index in [1.165, 1.54) is 12.0 Å². The summed E-state index contributed by atoms with van der Waals surface area (Å²) in [6, 6.07) is 4.39. The zero-order chi connectivity index (χ0) is 14.9. The monoisotopic (exact) mass is 296 g/mol. The van der Waals surface area contributed by atoms with Crippen LogP contribution in [0.2, 0.25) is 5.02 Å². The van der Waals surface area contributed by atoms with Gasteiger partial charge in [-0.1, -0.05) is 11.6 Å². The van der Waals surface area contributed by atoms with Gasteiger partial charge in [0.05, 0.1) is 19.2 Å². The molecular formula is C14H17ClN2O3. The van der Waals surface area contributed by atoms with Crippen LogP contribution in [-0.2, 0) is 9.59 Å². The summed E-state index contributed by atoms with van der Waals surface area (Å²) in [6.07, 6.45) is 0.146. The van der Waals surface area contributed by atoms with Crippen molar-refractivity contribution in [3.05, 3.63) is 23.2 Å². The molecule has 1 fully saturated rings. The van der Waals surface area contributed by atoms with Gasteiger partial charge in [0.2, 0.25) is 5.91 Å². The van der Waals surface area contributed by atoms with Crippen LogP contribution in [0.15, 0.2) is 18.2 Å². The first-order valence-electron chi connectivity index (χ1n) is 6.40. The molecule has 1 aromatic rings. The van der Waals surface area contributed by atoms with Crippen LogP contribution in [0.25, 0.3) is 0 Å². The van der Waals surface area contributed by atoms with E-state index in [0.717, 1.165) is 0 Å². The summed E-state index contributed by atoms with van der Waals surface area (Å²) in [5, 5.41) is 3.58. The maximum atomic E-state index is 12.2. The minimum Gasteiger partial charge on any atom is -0.495 e. The maximum Gasteiger partial charge on any atom is 0.252 e. The molecule has 0 saturated carbocycles. The zero-order valence-electron chi connectivity index (χ0n) is 11.6. The third-order valence-electron chi connectivity index (χ3n) is 3.19. The number of nitrogens with zero attached hydrogens (tertiary/aromatic N) is 1. The number of hydrogen-bond acceptors (Lipinski definition) is 4. The molecule has 0 aromatic heterocycles. The fraction of sp³-hybridized carbons (Fsp3) is 0.429. The summed E-state index contributed by atoms with van der Waals surface area (Å²) >= 11 is 5.95. The lowest BCUT2D eigenvalue weighted by Gasteiger charge is -2.20. The Hall–Kier alpha value is -1.75. The van der Waals surface area contributed by atoms with Gasteiger partial charge in [-0.2, -0.15) is 0 Å². The van der Waals surface area contributed by atoms with Crippen LogP contribution >= 0.6 is 11.6 Å². The van der Waals surface area contributed by atoms with Gasteiger partial charge in [-0.3, -0.25) is 14.5 Å². The number of imide groups is 1. The Morgan fingerprint density at radius 3 is 2.65 bits per heavy atom. The molecule has 5 nitrogen and oxygen atoms in total. The minimum absolute atomic E-state index is 0.136. The topological polar surface area (TPSA) is 58.6 Å². The molecule has 2 rings (SSSR count). The molecule has 2 amide bonds. The number of anilines is 1. The van der Waals surface area contributed by atoms with Crippen molar-refractivity contribution in [3.63, 3.8) is 0 Å². The molecule has 1 N–H and O–H groups in total. The summed E-state index contributed by atoms with van der Waals surface area (Å²) in [6.45, 7) is 3.64. The summed E-state index contributed by atoms with van der Waals surface area (Å²) in [5.74, 6) is 0.202. The minimum atomic E-state index is -0.572. The molecule has 20 heavy (non-hydrogen) atoms. The molecule has 1 aromatic carbocycles. The van der Waals surface area contributed by atoms with Gasteiger partial charge in [0, 0.05) is 11.1 Å². The van der Waals surface area contributed by atoms with Crippen LogP contribution in [0.4, 0.5) is 5.69 Å². The molecule has 0 radical (unpaired) electrons. The molecule has 1 aliphatic rings. The number of rotatable bonds is 4. The summed E-state index contributed by atoms with van der Waals surface area (Å²) in [5.41, 5.74) is 0.608. The lowest BCUT2D eigenvalue weighted by atomic mass is 10.2. The third-order valence-corrected chi connectivity index (χ3v) is 3.43. The van der Waals surface area contributed by atoms with Crippen LogP contribution in [0.5, 0.6) is 5.75 Å². The van der Waals surface area contributed by atoms with Crippen LogP contribution < -0.4 is 10.1 Å². The molecule has 0 aliphatic carbocycles. The van der Waals surface area contributed by atoms with Gasteiger partial charge in [0.15, 0.2) is 0 Å². The van der Waals surface area contributed by atoms with Gasteiger partial charge in [0.25, 0.3) is 5.91 Å². The maximum absolute atomic E-state index is 12.2. The summed E-state index contributed by atoms with van der Waals surface area (Å²) < 4.78 is 5.22. The van der Waals surface area contributed by atoms with Crippen molar-refractivity contribution in [1.82, 2.24) is 4.90 Å². The van der Waals surface area contributed by atoms with Crippen molar-refractivity contribution >= 4 is 29.1 Å². The number of halogens is 1. The molecular weight excluding hydrogens is 280 g/mol. The predicted octanol–water partition coefficient (Wildman–Crippen LogP) is 2.30. The van der Waals surface area contributed by atoms with Crippen LogP contribution in [0.3, 0.4) is 0 Å². The number of ether oxygens (including phenoxy) is 1. The fourth-order valence-electron chi connectivity index (χ4n) is 2.29. The van der Waals surface area contributed by atoms with Crippen LogP contribution in [0, 0.1) is 0 Å². The number of likely N-dealkylation sites (tertiary alicyclic amines) is 1. The highest BCUT2D eigenvalue weighted by Crippen LogP contribution is 2.30. The molecule has 0 bridgehead atoms. The van der Waals surface area contributed by atoms with Crippen LogP contribution in [-0.4, -0.2) is 35.9 Å². The quantitative estimate of drug-likeness (QED) is 0.866. The molecule has 108 valence electrons. The Morgan fingerprint density at radius 2 is 2.10 bits per heavy atom. The van der Waals surface area contributed by atoms with E-state index in [9.17, 15) is 9.59 Å². The largest absolute Gasteiger partial charge is 0.495 e. The highest BCUT2D eigenvalue weighted by molar-refractivity contribution is 6.31. The van der Waals surface area contributed by atoms with Crippen molar-refractivity contribution in [1.29, 1.82) is 0 Å². The second-order valence-corrected chi connectivity index (χ2v) is 5.38. The Balaban J connectivity index is 2.21. The number of benzene rings is 1. The van der Waals surface area contributed by atoms with Gasteiger partial charge in [-0.05, 0) is 32.0 Å². The number of amides is 2. The molecule has 6 heteroatoms. The standard InChI is InChI=1S/C14H17ClN2O3/c1-8(2)17-13(18)7-11(14(17)19)16-10-6-9(15)4-5-12(10)20-3/h4-6,8,11,16H,7H2,1-3H3. The average Bonchev–Trinajstić information content (AvgIpc) is 2.64. The summed E-state index contributed by atoms with van der Waals surface area (Å²) in [4.78, 5) is 25.4. The first kappa shape index (κ1) is 14.7. The van der Waals surface area contributed by atoms with E-state index in [-0.39, 0.29) is 24.3 Å². The first-order chi connectivity index (χ1) is 9.43. The molecule has 1 aliphatic heterocycles. The van der Waals surface area contributed by atoms with Crippen molar-refractivity contribution in [2.75, 3.05) is 12.4 Å². The normalized spacial score (nSPS) is 18.9. The van der Waals surface area contributed by atoms with E-state index in [4.69, 9.17) is 16.3 Å². The molecule has 1 heterocycles. The number of hydrogen-bond donors (Lipinski definition) is 1. The first-order valence-corrected chi connectivity index (χ1v) is 6.77. The van der Waals surface area contributed by atoms with E-state index in [2.05, 4.69) is 5.32 Å². The van der Waals surface area contributed by atoms with Crippen molar-refractivity contribution in [2.24, 2.45) is 0 Å². The second-order valence-electron chi connectivity index (χ2n) is 4.94. The van der Waals surface area contributed by atoms with E-state index in [1.807, 2.05) is 13.8 Å². The molecule has 1 unspecified atom stereocenters. The van der Waals surface area contributed by atoms with E-state index >= 15 is 0 Å². The zero-order valence-corrected chi connectivity index (χ0v) is 12.4. The van der Waals surface area contributed by atoms with Crippen molar-refractivity contribution < 1.29 is 14.3 Å². The SMILES string of the molecule is COc1ccc(Cl)cc1NC1CC(=O)N(C(C)C)C1=O. The van der Waals surface area contributed by atoms with E-state index in [1.54, 1.807) is 18.2 Å². The van der Waals surface area contributed by atoms with Crippen molar-refractivity contribution in [3.8, 4) is 5.75 Å². The van der Waals surface area contributed by atoms with Crippen LogP contribution in [0.1, 0.15) is 20.3 Å². The van der Waals surface area contributed by atoms with Crippen molar-refractivity contribution in [2.45, 2.75) is 32.4 Å². The average molecular weight is 297 g/mol. The predicted molar refractivity (Wildman–Crippen MR) is 77.0 cm³/mol. The lowest BCUT2D eigenvalue weighted by Crippen LogP contribution is -2.39. The fourth-order valence-corrected chi connectivity index (χ4v) is 2.46. The molecule has 0 spiro atoms. The number of carbonyl (C=O) groups is 2. The highest BCUT2D eigenvalue weighted by Gasteiger charge is 2.40. The van der Waals surface area contributed by atoms with Gasteiger partial charge in [-0.25, -0.2) is 0 Å². The Labute approximate surface area is 122 Å². The van der Waals surface area contributed by atoms with E-state index < -0.39 is 6.04 Å². The van der Waals surface area contributed by atoms with Gasteiger partial charge in [0.1, 0.15) is 11.8 Å². The second kappa shape index (κ2) is 5.71. The molecule has 1 atom stereocenters. The van der Waals surface area contributed by atoms with Gasteiger partial charge >= 0.3 is 0 Å².